The molecule has 2 aromatic carbocycles. The first-order valence-corrected chi connectivity index (χ1v) is 9.36. The standard InChI is InChI=1S/C20H15F3N2OS/c21-20(22,23)19(26)25-11-14-10-13-6-4-5-9-16(13)24-18(14)17(25)12-27-15-7-2-1-3-8-15/h1-10,17H,11-12H2. The van der Waals surface area contributed by atoms with Crippen LogP contribution in [0.25, 0.3) is 10.9 Å². The number of amides is 1. The fourth-order valence-electron chi connectivity index (χ4n) is 3.27. The third kappa shape index (κ3) is 3.51. The zero-order valence-electron chi connectivity index (χ0n) is 14.1. The van der Waals surface area contributed by atoms with E-state index >= 15 is 0 Å². The zero-order chi connectivity index (χ0) is 19.0. The summed E-state index contributed by atoms with van der Waals surface area (Å²) < 4.78 is 39.4. The molecule has 138 valence electrons. The first-order valence-electron chi connectivity index (χ1n) is 8.37. The summed E-state index contributed by atoms with van der Waals surface area (Å²) in [6, 6.07) is 17.9. The third-order valence-corrected chi connectivity index (χ3v) is 5.61. The Labute approximate surface area is 158 Å². The molecule has 1 amide bonds. The number of hydrogen-bond donors (Lipinski definition) is 0. The van der Waals surface area contributed by atoms with Gasteiger partial charge in [0.05, 0.1) is 17.3 Å². The third-order valence-electron chi connectivity index (χ3n) is 4.52. The quantitative estimate of drug-likeness (QED) is 0.594. The summed E-state index contributed by atoms with van der Waals surface area (Å²) >= 11 is 1.42. The van der Waals surface area contributed by atoms with Crippen LogP contribution >= 0.6 is 11.8 Å². The molecule has 0 aliphatic carbocycles. The molecule has 1 unspecified atom stereocenters. The highest BCUT2D eigenvalue weighted by Crippen LogP contribution is 2.39. The molecule has 2 heterocycles. The molecule has 3 aromatic rings. The number of para-hydroxylation sites is 1. The minimum Gasteiger partial charge on any atom is -0.321 e. The molecule has 0 fully saturated rings. The molecule has 0 N–H and O–H groups in total. The maximum absolute atomic E-state index is 13.1. The molecule has 0 saturated heterocycles. The van der Waals surface area contributed by atoms with Gasteiger partial charge in [-0.3, -0.25) is 9.78 Å². The number of alkyl halides is 3. The van der Waals surface area contributed by atoms with E-state index in [1.54, 1.807) is 0 Å². The van der Waals surface area contributed by atoms with Gasteiger partial charge in [-0.2, -0.15) is 13.2 Å². The van der Waals surface area contributed by atoms with Crippen LogP contribution in [0.2, 0.25) is 0 Å². The van der Waals surface area contributed by atoms with E-state index in [0.717, 1.165) is 15.2 Å². The van der Waals surface area contributed by atoms with E-state index in [-0.39, 0.29) is 6.54 Å². The molecule has 0 bridgehead atoms. The highest BCUT2D eigenvalue weighted by Gasteiger charge is 2.48. The molecule has 1 aliphatic rings. The van der Waals surface area contributed by atoms with E-state index in [9.17, 15) is 18.0 Å². The molecule has 0 spiro atoms. The van der Waals surface area contributed by atoms with Gasteiger partial charge in [-0.1, -0.05) is 36.4 Å². The second-order valence-corrected chi connectivity index (χ2v) is 7.39. The van der Waals surface area contributed by atoms with Gasteiger partial charge in [0, 0.05) is 22.6 Å². The van der Waals surface area contributed by atoms with E-state index in [1.165, 1.54) is 11.8 Å². The first-order chi connectivity index (χ1) is 12.9. The second-order valence-electron chi connectivity index (χ2n) is 6.30. The fourth-order valence-corrected chi connectivity index (χ4v) is 4.31. The van der Waals surface area contributed by atoms with Gasteiger partial charge in [-0.05, 0) is 29.8 Å². The molecule has 0 saturated carbocycles. The normalized spacial score (nSPS) is 16.6. The van der Waals surface area contributed by atoms with E-state index in [1.807, 2.05) is 60.7 Å². The van der Waals surface area contributed by atoms with Crippen LogP contribution in [-0.4, -0.2) is 27.7 Å². The van der Waals surface area contributed by atoms with Crippen molar-refractivity contribution in [1.29, 1.82) is 0 Å². The van der Waals surface area contributed by atoms with Gasteiger partial charge in [0.25, 0.3) is 0 Å². The van der Waals surface area contributed by atoms with Crippen LogP contribution < -0.4 is 0 Å². The molecular weight excluding hydrogens is 373 g/mol. The van der Waals surface area contributed by atoms with Crippen molar-refractivity contribution in [2.75, 3.05) is 5.75 Å². The van der Waals surface area contributed by atoms with Crippen molar-refractivity contribution in [2.24, 2.45) is 0 Å². The average molecular weight is 388 g/mol. The molecular formula is C20H15F3N2OS. The first kappa shape index (κ1) is 17.9. The molecule has 27 heavy (non-hydrogen) atoms. The maximum Gasteiger partial charge on any atom is 0.471 e. The largest absolute Gasteiger partial charge is 0.471 e. The average Bonchev–Trinajstić information content (AvgIpc) is 3.01. The van der Waals surface area contributed by atoms with Gasteiger partial charge in [-0.15, -0.1) is 11.8 Å². The number of benzene rings is 2. The van der Waals surface area contributed by atoms with E-state index in [2.05, 4.69) is 4.98 Å². The Bertz CT molecular complexity index is 991. The van der Waals surface area contributed by atoms with Crippen LogP contribution in [0.1, 0.15) is 17.3 Å². The lowest BCUT2D eigenvalue weighted by atomic mass is 10.1. The highest BCUT2D eigenvalue weighted by atomic mass is 32.2. The summed E-state index contributed by atoms with van der Waals surface area (Å²) in [6.07, 6.45) is -4.91. The SMILES string of the molecule is O=C(N1Cc2cc3ccccc3nc2C1CSc1ccccc1)C(F)(F)F. The lowest BCUT2D eigenvalue weighted by Crippen LogP contribution is -2.40. The van der Waals surface area contributed by atoms with Crippen molar-refractivity contribution < 1.29 is 18.0 Å². The summed E-state index contributed by atoms with van der Waals surface area (Å²) in [4.78, 5) is 18.4. The number of halogens is 3. The van der Waals surface area contributed by atoms with E-state index < -0.39 is 18.1 Å². The fraction of sp³-hybridized carbons (Fsp3) is 0.200. The number of pyridine rings is 1. The van der Waals surface area contributed by atoms with Gasteiger partial charge in [0.15, 0.2) is 0 Å². The minimum atomic E-state index is -4.91. The van der Waals surface area contributed by atoms with E-state index in [4.69, 9.17) is 0 Å². The van der Waals surface area contributed by atoms with Crippen LogP contribution in [-0.2, 0) is 11.3 Å². The van der Waals surface area contributed by atoms with Gasteiger partial charge >= 0.3 is 12.1 Å². The Morgan fingerprint density at radius 2 is 1.81 bits per heavy atom. The number of carbonyl (C=O) groups is 1. The lowest BCUT2D eigenvalue weighted by molar-refractivity contribution is -0.187. The van der Waals surface area contributed by atoms with Crippen LogP contribution in [0.15, 0.2) is 65.6 Å². The summed E-state index contributed by atoms with van der Waals surface area (Å²) in [5.41, 5.74) is 1.94. The Morgan fingerprint density at radius 3 is 2.56 bits per heavy atom. The molecule has 1 aliphatic heterocycles. The van der Waals surface area contributed by atoms with Gasteiger partial charge in [0.1, 0.15) is 0 Å². The summed E-state index contributed by atoms with van der Waals surface area (Å²) in [6.45, 7) is -0.0778. The zero-order valence-corrected chi connectivity index (χ0v) is 14.9. The smallest absolute Gasteiger partial charge is 0.321 e. The predicted octanol–water partition coefficient (Wildman–Crippen LogP) is 4.97. The lowest BCUT2D eigenvalue weighted by Gasteiger charge is -2.25. The van der Waals surface area contributed by atoms with Crippen molar-refractivity contribution >= 4 is 28.6 Å². The highest BCUT2D eigenvalue weighted by molar-refractivity contribution is 7.99. The summed E-state index contributed by atoms with van der Waals surface area (Å²) in [5.74, 6) is -1.51. The number of aromatic nitrogens is 1. The molecule has 7 heteroatoms. The van der Waals surface area contributed by atoms with Crippen LogP contribution in [0, 0.1) is 0 Å². The molecule has 1 aromatic heterocycles. The van der Waals surface area contributed by atoms with Crippen molar-refractivity contribution in [1.82, 2.24) is 9.88 Å². The van der Waals surface area contributed by atoms with Crippen molar-refractivity contribution in [3.8, 4) is 0 Å². The Kier molecular flexibility index (Phi) is 4.55. The summed E-state index contributed by atoms with van der Waals surface area (Å²) in [5, 5.41) is 0.854. The van der Waals surface area contributed by atoms with Crippen LogP contribution in [0.3, 0.4) is 0 Å². The molecule has 4 rings (SSSR count). The molecule has 3 nitrogen and oxygen atoms in total. The van der Waals surface area contributed by atoms with E-state index in [0.29, 0.717) is 22.5 Å². The predicted molar refractivity (Wildman–Crippen MR) is 98.3 cm³/mol. The Balaban J connectivity index is 1.71. The topological polar surface area (TPSA) is 33.2 Å². The number of nitrogens with zero attached hydrogens (tertiary/aromatic N) is 2. The number of rotatable bonds is 3. The Hall–Kier alpha value is -2.54. The number of fused-ring (bicyclic) bond motifs is 2. The van der Waals surface area contributed by atoms with Crippen molar-refractivity contribution in [3.63, 3.8) is 0 Å². The Morgan fingerprint density at radius 1 is 1.11 bits per heavy atom. The van der Waals surface area contributed by atoms with Crippen molar-refractivity contribution in [3.05, 3.63) is 71.9 Å². The van der Waals surface area contributed by atoms with Gasteiger partial charge in [0.2, 0.25) is 0 Å². The van der Waals surface area contributed by atoms with Gasteiger partial charge < -0.3 is 4.90 Å². The molecule has 0 radical (unpaired) electrons. The summed E-state index contributed by atoms with van der Waals surface area (Å²) in [7, 11) is 0. The second kappa shape index (κ2) is 6.88. The van der Waals surface area contributed by atoms with Crippen LogP contribution in [0.4, 0.5) is 13.2 Å². The monoisotopic (exact) mass is 388 g/mol. The number of hydrogen-bond acceptors (Lipinski definition) is 3. The van der Waals surface area contributed by atoms with Crippen molar-refractivity contribution in [2.45, 2.75) is 23.7 Å². The number of thioether (sulfide) groups is 1. The van der Waals surface area contributed by atoms with Gasteiger partial charge in [-0.25, -0.2) is 0 Å². The molecule has 1 atom stereocenters. The minimum absolute atomic E-state index is 0.0778. The maximum atomic E-state index is 13.1. The van der Waals surface area contributed by atoms with Crippen LogP contribution in [0.5, 0.6) is 0 Å². The number of carbonyl (C=O) groups excluding carboxylic acids is 1.